The second-order valence-corrected chi connectivity index (χ2v) is 20.2. The number of rotatable bonds is 17. The van der Waals surface area contributed by atoms with Crippen LogP contribution in [0, 0.1) is 11.6 Å². The first-order valence-electron chi connectivity index (χ1n) is 23.9. The van der Waals surface area contributed by atoms with E-state index < -0.39 is 56.5 Å². The monoisotopic (exact) mass is 1030 g/mol. The van der Waals surface area contributed by atoms with Crippen LogP contribution >= 0.6 is 0 Å². The van der Waals surface area contributed by atoms with E-state index in [0.717, 1.165) is 34.1 Å². The molecule has 2 aliphatic rings. The van der Waals surface area contributed by atoms with Crippen molar-refractivity contribution >= 4 is 77.9 Å². The third-order valence-electron chi connectivity index (χ3n) is 12.8. The molecule has 0 spiro atoms. The number of carbonyl (C=O) groups is 4. The van der Waals surface area contributed by atoms with Crippen molar-refractivity contribution in [1.29, 1.82) is 0 Å². The van der Waals surface area contributed by atoms with E-state index in [1.54, 1.807) is 49.5 Å². The number of nitrogens with zero attached hydrogens (tertiary/aromatic N) is 4. The summed E-state index contributed by atoms with van der Waals surface area (Å²) >= 11 is 0. The van der Waals surface area contributed by atoms with Crippen molar-refractivity contribution in [2.75, 3.05) is 56.7 Å². The lowest BCUT2D eigenvalue weighted by Gasteiger charge is -2.19. The standard InChI is InChI=1S/C56H50F2N8O8S/c1-6-23-75(72,73)64-45-20-17-43(57)50(51(45)58)52(67)31-10-18-44-40(24-31)41-26-34(30-62-53(41)63-44)33-11-19-46(61-29-33)55(69)60-22-8-7-21-59-54(68)32-9-14-37(42(25-32)56(70)71)49-38-15-12-35(65(2)3)27-47(38)74-48-28-36(66(4)5)13-16-39(48)49/h9-20,24-30,64H,6-8,21-23H2,1-5H3,(H3-,59,60,62,63,67,68,69,70,71)/p+1. The molecule has 1 aliphatic carbocycles. The molecule has 19 heteroatoms. The summed E-state index contributed by atoms with van der Waals surface area (Å²) in [5, 5.41) is 19.0. The molecule has 382 valence electrons. The van der Waals surface area contributed by atoms with Crippen molar-refractivity contribution in [2.24, 2.45) is 0 Å². The number of carboxylic acid groups (broad SMARTS) is 1. The van der Waals surface area contributed by atoms with Crippen LogP contribution in [0.3, 0.4) is 0 Å². The van der Waals surface area contributed by atoms with Gasteiger partial charge in [-0.05, 0) is 97.6 Å². The molecule has 5 N–H and O–H groups in total. The Bertz CT molecular complexity index is 3930. The van der Waals surface area contributed by atoms with E-state index in [0.29, 0.717) is 74.9 Å². The minimum absolute atomic E-state index is 0.0387. The third kappa shape index (κ3) is 10.5. The molecule has 0 bridgehead atoms. The number of fused-ring (bicyclic) bond motifs is 5. The summed E-state index contributed by atoms with van der Waals surface area (Å²) < 4.78 is 65.7. The molecule has 9 rings (SSSR count). The fourth-order valence-corrected chi connectivity index (χ4v) is 10.0. The smallest absolute Gasteiger partial charge is 0.336 e. The van der Waals surface area contributed by atoms with Crippen molar-refractivity contribution < 1.29 is 45.9 Å². The number of anilines is 2. The number of sulfonamides is 1. The average Bonchev–Trinajstić information content (AvgIpc) is 3.77. The zero-order valence-corrected chi connectivity index (χ0v) is 42.3. The van der Waals surface area contributed by atoms with E-state index in [1.807, 2.05) is 74.1 Å². The largest absolute Gasteiger partial charge is 0.478 e. The molecule has 4 heterocycles. The molecule has 1 aliphatic heterocycles. The van der Waals surface area contributed by atoms with Crippen molar-refractivity contribution in [3.05, 3.63) is 160 Å². The first-order chi connectivity index (χ1) is 35.9. The fraction of sp³-hybridized carbons (Fsp3) is 0.196. The van der Waals surface area contributed by atoms with Crippen LogP contribution in [-0.2, 0) is 10.0 Å². The average molecular weight is 1030 g/mol. The lowest BCUT2D eigenvalue weighted by molar-refractivity contribution is 0.0697. The number of carbonyl (C=O) groups excluding carboxylic acids is 3. The minimum Gasteiger partial charge on any atom is -0.478 e. The molecule has 0 saturated carbocycles. The normalized spacial score (nSPS) is 11.6. The number of carboxylic acids is 1. The highest BCUT2D eigenvalue weighted by Gasteiger charge is 2.26. The Morgan fingerprint density at radius 1 is 0.760 bits per heavy atom. The van der Waals surface area contributed by atoms with Gasteiger partial charge in [-0.1, -0.05) is 19.1 Å². The molecule has 16 nitrogen and oxygen atoms in total. The number of hydrogen-bond donors (Lipinski definition) is 5. The lowest BCUT2D eigenvalue weighted by Crippen LogP contribution is -2.28. The number of aromatic carboxylic acids is 1. The Labute approximate surface area is 429 Å². The highest BCUT2D eigenvalue weighted by molar-refractivity contribution is 7.92. The van der Waals surface area contributed by atoms with Crippen LogP contribution in [0.4, 0.5) is 20.2 Å². The zero-order chi connectivity index (χ0) is 53.3. The van der Waals surface area contributed by atoms with Crippen LogP contribution in [0.2, 0.25) is 0 Å². The second-order valence-electron chi connectivity index (χ2n) is 18.4. The number of H-pyrrole nitrogens is 1. The summed E-state index contributed by atoms with van der Waals surface area (Å²) in [6, 6.07) is 27.5. The van der Waals surface area contributed by atoms with Gasteiger partial charge in [-0.25, -0.2) is 31.6 Å². The van der Waals surface area contributed by atoms with Crippen LogP contribution < -0.4 is 30.2 Å². The minimum atomic E-state index is -3.93. The van der Waals surface area contributed by atoms with E-state index in [1.165, 1.54) is 24.4 Å². The van der Waals surface area contributed by atoms with Gasteiger partial charge in [0.05, 0.1) is 28.6 Å². The van der Waals surface area contributed by atoms with Crippen LogP contribution in [0.5, 0.6) is 0 Å². The maximum absolute atomic E-state index is 15.5. The van der Waals surface area contributed by atoms with Gasteiger partial charge in [-0.15, -0.1) is 0 Å². The van der Waals surface area contributed by atoms with Crippen LogP contribution in [0.1, 0.15) is 73.3 Å². The number of hydrogen-bond acceptors (Lipinski definition) is 10. The molecular weight excluding hydrogens is 983 g/mol. The fourth-order valence-electron chi connectivity index (χ4n) is 8.88. The molecule has 4 aromatic carbocycles. The number of benzene rings is 5. The van der Waals surface area contributed by atoms with Crippen LogP contribution in [-0.4, -0.2) is 99.1 Å². The first-order valence-corrected chi connectivity index (χ1v) is 25.6. The van der Waals surface area contributed by atoms with E-state index in [4.69, 9.17) is 4.42 Å². The number of aromatic nitrogens is 3. The summed E-state index contributed by atoms with van der Waals surface area (Å²) in [5.41, 5.74) is 4.51. The Kier molecular flexibility index (Phi) is 14.3. The molecular formula is C56H51F2N8O8S+. The molecule has 3 aromatic heterocycles. The van der Waals surface area contributed by atoms with Gasteiger partial charge in [0.15, 0.2) is 11.6 Å². The SMILES string of the molecule is CCCS(=O)(=O)Nc1ccc(F)c(C(=O)c2ccc3[nH]c4ncc(-c5ccc(C(=O)NCCCCNC(=O)c6ccc(-c7c8ccc(=[N+](C)C)cc-8oc8cc(N(C)C)ccc78)c(C(=O)O)c6)nc5)cc4c3c2)c1F. The number of nitrogens with one attached hydrogen (secondary N) is 4. The molecule has 75 heavy (non-hydrogen) atoms. The van der Waals surface area contributed by atoms with Gasteiger partial charge >= 0.3 is 5.97 Å². The Balaban J connectivity index is 0.824. The number of unbranched alkanes of at least 4 members (excludes halogenated alkanes) is 1. The van der Waals surface area contributed by atoms with Gasteiger partial charge in [0.25, 0.3) is 11.8 Å². The summed E-state index contributed by atoms with van der Waals surface area (Å²) in [4.78, 5) is 66.9. The maximum atomic E-state index is 15.5. The molecule has 0 saturated heterocycles. The quantitative estimate of drug-likeness (QED) is 0.0251. The molecule has 0 fully saturated rings. The van der Waals surface area contributed by atoms with Crippen molar-refractivity contribution in [3.63, 3.8) is 0 Å². The second kappa shape index (κ2) is 20.9. The third-order valence-corrected chi connectivity index (χ3v) is 14.3. The summed E-state index contributed by atoms with van der Waals surface area (Å²) in [7, 11) is 3.78. The Hall–Kier alpha value is -8.84. The molecule has 0 unspecified atom stereocenters. The van der Waals surface area contributed by atoms with Gasteiger partial charge in [0.1, 0.15) is 42.6 Å². The van der Waals surface area contributed by atoms with Gasteiger partial charge in [-0.3, -0.25) is 24.1 Å². The highest BCUT2D eigenvalue weighted by Crippen LogP contribution is 2.42. The number of amides is 2. The lowest BCUT2D eigenvalue weighted by atomic mass is 9.89. The molecule has 0 radical (unpaired) electrons. The predicted octanol–water partition coefficient (Wildman–Crippen LogP) is 8.69. The summed E-state index contributed by atoms with van der Waals surface area (Å²) in [5.74, 6) is -5.20. The molecule has 2 amide bonds. The number of aromatic amines is 1. The van der Waals surface area contributed by atoms with Crippen molar-refractivity contribution in [3.8, 4) is 33.6 Å². The van der Waals surface area contributed by atoms with E-state index in [2.05, 4.69) is 30.3 Å². The van der Waals surface area contributed by atoms with E-state index in [9.17, 15) is 32.7 Å². The van der Waals surface area contributed by atoms with E-state index >= 15 is 8.78 Å². The number of pyridine rings is 2. The zero-order valence-electron chi connectivity index (χ0n) is 41.5. The Morgan fingerprint density at radius 2 is 1.49 bits per heavy atom. The molecule has 0 atom stereocenters. The van der Waals surface area contributed by atoms with Gasteiger partial charge in [0.2, 0.25) is 15.4 Å². The van der Waals surface area contributed by atoms with E-state index in [-0.39, 0.29) is 41.1 Å². The first kappa shape index (κ1) is 51.1. The maximum Gasteiger partial charge on any atom is 0.336 e. The number of ketones is 1. The topological polar surface area (TPSA) is 220 Å². The van der Waals surface area contributed by atoms with Crippen molar-refractivity contribution in [2.45, 2.75) is 26.2 Å². The van der Waals surface area contributed by atoms with Crippen molar-refractivity contribution in [1.82, 2.24) is 30.2 Å². The van der Waals surface area contributed by atoms with Crippen LogP contribution in [0.15, 0.2) is 120 Å². The predicted molar refractivity (Wildman–Crippen MR) is 285 cm³/mol. The molecule has 7 aromatic rings. The van der Waals surface area contributed by atoms with Gasteiger partial charge < -0.3 is 30.0 Å². The Morgan fingerprint density at radius 3 is 2.20 bits per heavy atom. The van der Waals surface area contributed by atoms with Gasteiger partial charge in [-0.2, -0.15) is 0 Å². The highest BCUT2D eigenvalue weighted by atomic mass is 32.2. The number of halogens is 2. The van der Waals surface area contributed by atoms with Crippen LogP contribution in [0.25, 0.3) is 66.5 Å². The van der Waals surface area contributed by atoms with Gasteiger partial charge in [0, 0.05) is 112 Å². The summed E-state index contributed by atoms with van der Waals surface area (Å²) in [6.45, 7) is 2.20. The summed E-state index contributed by atoms with van der Waals surface area (Å²) in [6.07, 6.45) is 4.44.